The van der Waals surface area contributed by atoms with E-state index in [0.29, 0.717) is 5.75 Å². The van der Waals surface area contributed by atoms with Gasteiger partial charge in [0.15, 0.2) is 11.0 Å². The zero-order valence-corrected chi connectivity index (χ0v) is 17.1. The molecule has 0 aliphatic rings. The number of fused-ring (bicyclic) bond motifs is 1. The Morgan fingerprint density at radius 1 is 0.900 bits per heavy atom. The van der Waals surface area contributed by atoms with Crippen molar-refractivity contribution in [1.29, 1.82) is 0 Å². The van der Waals surface area contributed by atoms with Crippen LogP contribution >= 0.6 is 11.8 Å². The summed E-state index contributed by atoms with van der Waals surface area (Å²) in [6.45, 7) is 2.06. The molecular formula is C23H18FN5S. The summed E-state index contributed by atoms with van der Waals surface area (Å²) in [5.74, 6) is 1.09. The Morgan fingerprint density at radius 2 is 1.70 bits per heavy atom. The molecule has 3 aromatic heterocycles. The normalized spacial score (nSPS) is 11.3. The molecule has 30 heavy (non-hydrogen) atoms. The number of aromatic nitrogens is 5. The summed E-state index contributed by atoms with van der Waals surface area (Å²) >= 11 is 1.55. The molecule has 0 saturated carbocycles. The maximum atomic E-state index is 13.5. The molecule has 5 rings (SSSR count). The van der Waals surface area contributed by atoms with E-state index >= 15 is 0 Å². The molecule has 0 aliphatic heterocycles. The van der Waals surface area contributed by atoms with Gasteiger partial charge in [-0.2, -0.15) is 0 Å². The highest BCUT2D eigenvalue weighted by Gasteiger charge is 2.17. The zero-order valence-electron chi connectivity index (χ0n) is 16.2. The van der Waals surface area contributed by atoms with Crippen LogP contribution in [-0.2, 0) is 5.75 Å². The predicted octanol–water partition coefficient (Wildman–Crippen LogP) is 5.32. The Balaban J connectivity index is 1.51. The summed E-state index contributed by atoms with van der Waals surface area (Å²) < 4.78 is 17.5. The lowest BCUT2D eigenvalue weighted by Crippen LogP contribution is -2.00. The van der Waals surface area contributed by atoms with E-state index in [9.17, 15) is 4.39 Å². The summed E-state index contributed by atoms with van der Waals surface area (Å²) in [5.41, 5.74) is 4.82. The first-order valence-electron chi connectivity index (χ1n) is 9.51. The number of imidazole rings is 1. The van der Waals surface area contributed by atoms with E-state index < -0.39 is 0 Å². The second kappa shape index (κ2) is 7.76. The molecule has 0 aliphatic carbocycles. The molecule has 7 heteroatoms. The fraction of sp³-hybridized carbons (Fsp3) is 0.0870. The number of hydrogen-bond donors (Lipinski definition) is 0. The third-order valence-corrected chi connectivity index (χ3v) is 5.71. The van der Waals surface area contributed by atoms with Crippen LogP contribution in [0.15, 0.2) is 84.3 Å². The number of benzene rings is 2. The number of hydrogen-bond acceptors (Lipinski definition) is 4. The van der Waals surface area contributed by atoms with E-state index in [1.807, 2.05) is 51.6 Å². The first-order chi connectivity index (χ1) is 14.7. The molecule has 0 N–H and O–H groups in total. The smallest absolute Gasteiger partial charge is 0.196 e. The lowest BCUT2D eigenvalue weighted by atomic mass is 10.2. The van der Waals surface area contributed by atoms with Crippen molar-refractivity contribution in [1.82, 2.24) is 24.1 Å². The van der Waals surface area contributed by atoms with Crippen LogP contribution in [0.25, 0.3) is 22.7 Å². The van der Waals surface area contributed by atoms with E-state index in [0.717, 1.165) is 33.6 Å². The number of thioether (sulfide) groups is 1. The van der Waals surface area contributed by atoms with E-state index in [1.165, 1.54) is 17.7 Å². The molecule has 5 nitrogen and oxygen atoms in total. The zero-order chi connectivity index (χ0) is 20.5. The highest BCUT2D eigenvalue weighted by Crippen LogP contribution is 2.29. The maximum absolute atomic E-state index is 13.5. The molecule has 5 aromatic rings. The second-order valence-corrected chi connectivity index (χ2v) is 7.92. The fourth-order valence-corrected chi connectivity index (χ4v) is 4.16. The fourth-order valence-electron chi connectivity index (χ4n) is 3.32. The highest BCUT2D eigenvalue weighted by molar-refractivity contribution is 7.98. The Bertz CT molecular complexity index is 1310. The number of nitrogens with zero attached hydrogens (tertiary/aromatic N) is 5. The van der Waals surface area contributed by atoms with Crippen molar-refractivity contribution in [3.05, 3.63) is 96.2 Å². The van der Waals surface area contributed by atoms with Gasteiger partial charge in [0.25, 0.3) is 0 Å². The molecule has 0 fully saturated rings. The van der Waals surface area contributed by atoms with Crippen molar-refractivity contribution in [3.8, 4) is 17.1 Å². The van der Waals surface area contributed by atoms with Gasteiger partial charge in [0, 0.05) is 29.4 Å². The van der Waals surface area contributed by atoms with Gasteiger partial charge >= 0.3 is 0 Å². The largest absolute Gasteiger partial charge is 0.307 e. The molecule has 0 radical (unpaired) electrons. The van der Waals surface area contributed by atoms with E-state index in [1.54, 1.807) is 23.9 Å². The third-order valence-electron chi connectivity index (χ3n) is 4.75. The van der Waals surface area contributed by atoms with Crippen molar-refractivity contribution in [2.75, 3.05) is 0 Å². The first kappa shape index (κ1) is 18.6. The minimum atomic E-state index is -0.276. The van der Waals surface area contributed by atoms with Crippen LogP contribution < -0.4 is 0 Å². The van der Waals surface area contributed by atoms with Crippen LogP contribution in [0.5, 0.6) is 0 Å². The van der Waals surface area contributed by atoms with Crippen LogP contribution in [0.2, 0.25) is 0 Å². The van der Waals surface area contributed by atoms with Crippen molar-refractivity contribution in [3.63, 3.8) is 0 Å². The Kier molecular flexibility index (Phi) is 4.80. The van der Waals surface area contributed by atoms with Gasteiger partial charge in [-0.1, -0.05) is 48.2 Å². The van der Waals surface area contributed by atoms with E-state index in [-0.39, 0.29) is 5.82 Å². The quantitative estimate of drug-likeness (QED) is 0.365. The molecule has 0 atom stereocenters. The summed E-state index contributed by atoms with van der Waals surface area (Å²) in [6, 6.07) is 20.3. The molecule has 0 saturated heterocycles. The van der Waals surface area contributed by atoms with Gasteiger partial charge in [-0.25, -0.2) is 9.37 Å². The van der Waals surface area contributed by atoms with Gasteiger partial charge in [-0.05, 0) is 42.8 Å². The SMILES string of the molecule is Cc1ccc2nc(CSc3nnc(-c4ccccc4)n3-c3ccc(F)cc3)cn2c1. The topological polar surface area (TPSA) is 48.0 Å². The Morgan fingerprint density at radius 3 is 2.50 bits per heavy atom. The first-order valence-corrected chi connectivity index (χ1v) is 10.5. The summed E-state index contributed by atoms with van der Waals surface area (Å²) in [6.07, 6.45) is 4.09. The number of halogens is 1. The monoisotopic (exact) mass is 415 g/mol. The Labute approximate surface area is 177 Å². The minimum Gasteiger partial charge on any atom is -0.307 e. The predicted molar refractivity (Wildman–Crippen MR) is 116 cm³/mol. The van der Waals surface area contributed by atoms with Gasteiger partial charge in [0.1, 0.15) is 11.5 Å². The van der Waals surface area contributed by atoms with Crippen molar-refractivity contribution in [2.24, 2.45) is 0 Å². The summed E-state index contributed by atoms with van der Waals surface area (Å²) in [4.78, 5) is 4.68. The van der Waals surface area contributed by atoms with Crippen LogP contribution in [-0.4, -0.2) is 24.1 Å². The highest BCUT2D eigenvalue weighted by atomic mass is 32.2. The van der Waals surface area contributed by atoms with E-state index in [4.69, 9.17) is 0 Å². The van der Waals surface area contributed by atoms with Gasteiger partial charge < -0.3 is 4.40 Å². The maximum Gasteiger partial charge on any atom is 0.196 e. The molecule has 0 amide bonds. The lowest BCUT2D eigenvalue weighted by Gasteiger charge is -2.10. The molecule has 0 bridgehead atoms. The van der Waals surface area contributed by atoms with E-state index in [2.05, 4.69) is 34.4 Å². The molecule has 0 unspecified atom stereocenters. The van der Waals surface area contributed by atoms with Crippen LogP contribution in [0.4, 0.5) is 4.39 Å². The average molecular weight is 415 g/mol. The summed E-state index contributed by atoms with van der Waals surface area (Å²) in [7, 11) is 0. The number of pyridine rings is 1. The van der Waals surface area contributed by atoms with Gasteiger partial charge in [0.2, 0.25) is 0 Å². The van der Waals surface area contributed by atoms with Crippen LogP contribution in [0, 0.1) is 12.7 Å². The van der Waals surface area contributed by atoms with Gasteiger partial charge in [-0.15, -0.1) is 10.2 Å². The molecular weight excluding hydrogens is 397 g/mol. The molecule has 2 aromatic carbocycles. The van der Waals surface area contributed by atoms with Crippen LogP contribution in [0.1, 0.15) is 11.3 Å². The molecule has 3 heterocycles. The number of aryl methyl sites for hydroxylation is 1. The van der Waals surface area contributed by atoms with Gasteiger partial charge in [0.05, 0.1) is 5.69 Å². The number of rotatable bonds is 5. The minimum absolute atomic E-state index is 0.276. The molecule has 148 valence electrons. The average Bonchev–Trinajstić information content (AvgIpc) is 3.37. The third kappa shape index (κ3) is 3.59. The van der Waals surface area contributed by atoms with Crippen molar-refractivity contribution >= 4 is 17.4 Å². The standard InChI is InChI=1S/C23H18FN5S/c1-16-7-12-21-25-19(14-28(21)13-16)15-30-23-27-26-22(17-5-3-2-4-6-17)29(23)20-10-8-18(24)9-11-20/h2-14H,15H2,1H3. The molecule has 0 spiro atoms. The lowest BCUT2D eigenvalue weighted by molar-refractivity contribution is 0.627. The summed E-state index contributed by atoms with van der Waals surface area (Å²) in [5, 5.41) is 9.58. The Hall–Kier alpha value is -3.45. The van der Waals surface area contributed by atoms with Crippen molar-refractivity contribution in [2.45, 2.75) is 17.8 Å². The van der Waals surface area contributed by atoms with Crippen LogP contribution in [0.3, 0.4) is 0 Å². The van der Waals surface area contributed by atoms with Crippen molar-refractivity contribution < 1.29 is 4.39 Å². The second-order valence-electron chi connectivity index (χ2n) is 6.98. The van der Waals surface area contributed by atoms with Gasteiger partial charge in [-0.3, -0.25) is 4.57 Å².